The maximum atomic E-state index is 13.1. The van der Waals surface area contributed by atoms with Gasteiger partial charge in [-0.15, -0.1) is 12.4 Å². The third-order valence-electron chi connectivity index (χ3n) is 6.20. The Kier molecular flexibility index (Phi) is 6.40. The van der Waals surface area contributed by atoms with Crippen LogP contribution >= 0.6 is 12.4 Å². The van der Waals surface area contributed by atoms with E-state index in [1.165, 1.54) is 9.13 Å². The van der Waals surface area contributed by atoms with Gasteiger partial charge in [0.25, 0.3) is 11.1 Å². The summed E-state index contributed by atoms with van der Waals surface area (Å²) in [7, 11) is 3.41. The molecule has 0 aliphatic heterocycles. The van der Waals surface area contributed by atoms with Crippen LogP contribution in [0.25, 0.3) is 44.4 Å². The summed E-state index contributed by atoms with van der Waals surface area (Å²) in [4.78, 5) is 33.5. The molecule has 0 bridgehead atoms. The van der Waals surface area contributed by atoms with Gasteiger partial charge in [0.1, 0.15) is 5.52 Å². The first-order valence-corrected chi connectivity index (χ1v) is 11.1. The van der Waals surface area contributed by atoms with Gasteiger partial charge in [-0.3, -0.25) is 14.6 Å². The van der Waals surface area contributed by atoms with Crippen molar-refractivity contribution in [2.24, 2.45) is 14.1 Å². The number of rotatable bonds is 3. The molecular formula is C28H24ClN5O2. The number of nitrogens with one attached hydrogen (secondary N) is 1. The molecule has 0 saturated carbocycles. The summed E-state index contributed by atoms with van der Waals surface area (Å²) >= 11 is 0. The quantitative estimate of drug-likeness (QED) is 0.384. The molecule has 0 atom stereocenters. The van der Waals surface area contributed by atoms with Gasteiger partial charge in [0.15, 0.2) is 0 Å². The molecule has 0 fully saturated rings. The first-order chi connectivity index (χ1) is 16.7. The van der Waals surface area contributed by atoms with Crippen LogP contribution in [0, 0.1) is 25.2 Å². The molecule has 0 amide bonds. The van der Waals surface area contributed by atoms with Crippen molar-refractivity contribution in [3.05, 3.63) is 98.6 Å². The monoisotopic (exact) mass is 497 g/mol. The summed E-state index contributed by atoms with van der Waals surface area (Å²) in [6, 6.07) is 16.9. The van der Waals surface area contributed by atoms with Crippen molar-refractivity contribution < 1.29 is 0 Å². The molecule has 8 heteroatoms. The molecule has 4 aromatic heterocycles. The van der Waals surface area contributed by atoms with Crippen LogP contribution < -0.4 is 11.1 Å². The predicted octanol–water partition coefficient (Wildman–Crippen LogP) is 4.87. The average Bonchev–Trinajstić information content (AvgIpc) is 3.28. The van der Waals surface area contributed by atoms with Crippen LogP contribution in [0.4, 0.5) is 0 Å². The standard InChI is InChI=1S/C28H23N5O2.ClH/c1-16-9-20(10-17(2)30-16)25-11-22-24(15-33(4)28(35)27(22)31-25)21-12-26(34)32(3)14-23(21)19-7-5-18(13-29)6-8-19;/h5-12,14-15,31H,1-4H3;1H. The largest absolute Gasteiger partial charge is 0.350 e. The Morgan fingerprint density at radius 1 is 0.833 bits per heavy atom. The van der Waals surface area contributed by atoms with Crippen LogP contribution in [0.2, 0.25) is 0 Å². The van der Waals surface area contributed by atoms with Crippen LogP contribution in [0.15, 0.2) is 70.5 Å². The number of aryl methyl sites for hydroxylation is 4. The first kappa shape index (κ1) is 24.7. The molecule has 7 nitrogen and oxygen atoms in total. The van der Waals surface area contributed by atoms with Gasteiger partial charge in [-0.05, 0) is 55.3 Å². The zero-order valence-corrected chi connectivity index (χ0v) is 21.1. The Hall–Kier alpha value is -4.41. The van der Waals surface area contributed by atoms with E-state index in [9.17, 15) is 14.9 Å². The van der Waals surface area contributed by atoms with Gasteiger partial charge in [0, 0.05) is 71.7 Å². The van der Waals surface area contributed by atoms with Gasteiger partial charge >= 0.3 is 0 Å². The van der Waals surface area contributed by atoms with E-state index in [1.807, 2.05) is 44.2 Å². The molecule has 180 valence electrons. The maximum Gasteiger partial charge on any atom is 0.274 e. The lowest BCUT2D eigenvalue weighted by Gasteiger charge is -2.14. The number of aromatic amines is 1. The van der Waals surface area contributed by atoms with Crippen LogP contribution in [0.3, 0.4) is 0 Å². The number of nitriles is 1. The maximum absolute atomic E-state index is 13.1. The highest BCUT2D eigenvalue weighted by Crippen LogP contribution is 2.36. The smallest absolute Gasteiger partial charge is 0.274 e. The summed E-state index contributed by atoms with van der Waals surface area (Å²) in [5, 5.41) is 9.92. The van der Waals surface area contributed by atoms with Gasteiger partial charge in [0.05, 0.1) is 11.6 Å². The Bertz CT molecular complexity index is 1770. The molecule has 1 N–H and O–H groups in total. The second-order valence-electron chi connectivity index (χ2n) is 8.81. The van der Waals surface area contributed by atoms with Crippen molar-refractivity contribution in [3.8, 4) is 39.6 Å². The molecule has 4 heterocycles. The highest BCUT2D eigenvalue weighted by Gasteiger charge is 2.18. The fraction of sp³-hybridized carbons (Fsp3) is 0.143. The molecule has 5 aromatic rings. The number of pyridine rings is 3. The number of aromatic nitrogens is 4. The second kappa shape index (κ2) is 9.33. The van der Waals surface area contributed by atoms with Gasteiger partial charge in [-0.2, -0.15) is 5.26 Å². The zero-order valence-electron chi connectivity index (χ0n) is 20.3. The van der Waals surface area contributed by atoms with Crippen molar-refractivity contribution in [1.29, 1.82) is 5.26 Å². The first-order valence-electron chi connectivity index (χ1n) is 11.1. The normalized spacial score (nSPS) is 10.8. The van der Waals surface area contributed by atoms with Gasteiger partial charge in [-0.25, -0.2) is 0 Å². The highest BCUT2D eigenvalue weighted by molar-refractivity contribution is 6.00. The van der Waals surface area contributed by atoms with E-state index in [4.69, 9.17) is 0 Å². The van der Waals surface area contributed by atoms with Crippen molar-refractivity contribution in [3.63, 3.8) is 0 Å². The fourth-order valence-electron chi connectivity index (χ4n) is 4.50. The third kappa shape index (κ3) is 4.23. The average molecular weight is 498 g/mol. The van der Waals surface area contributed by atoms with Crippen LogP contribution in [-0.4, -0.2) is 19.1 Å². The number of hydrogen-bond donors (Lipinski definition) is 1. The van der Waals surface area contributed by atoms with E-state index >= 15 is 0 Å². The van der Waals surface area contributed by atoms with E-state index < -0.39 is 0 Å². The van der Waals surface area contributed by atoms with Gasteiger partial charge < -0.3 is 14.1 Å². The molecule has 0 aliphatic rings. The number of nitrogens with zero attached hydrogens (tertiary/aromatic N) is 4. The summed E-state index contributed by atoms with van der Waals surface area (Å²) in [5.41, 5.74) is 7.43. The van der Waals surface area contributed by atoms with E-state index in [2.05, 4.69) is 16.0 Å². The lowest BCUT2D eigenvalue weighted by Crippen LogP contribution is -2.18. The minimum atomic E-state index is -0.157. The summed E-state index contributed by atoms with van der Waals surface area (Å²) in [6.07, 6.45) is 3.56. The number of fused-ring (bicyclic) bond motifs is 1. The van der Waals surface area contributed by atoms with Crippen molar-refractivity contribution in [1.82, 2.24) is 19.1 Å². The van der Waals surface area contributed by atoms with Crippen LogP contribution in [0.5, 0.6) is 0 Å². The van der Waals surface area contributed by atoms with Gasteiger partial charge in [-0.1, -0.05) is 12.1 Å². The van der Waals surface area contributed by atoms with Crippen LogP contribution in [-0.2, 0) is 14.1 Å². The van der Waals surface area contributed by atoms with E-state index in [-0.39, 0.29) is 23.5 Å². The number of hydrogen-bond acceptors (Lipinski definition) is 4. The zero-order chi connectivity index (χ0) is 24.9. The Balaban J connectivity index is 0.00000304. The Morgan fingerprint density at radius 2 is 1.47 bits per heavy atom. The lowest BCUT2D eigenvalue weighted by molar-refractivity contribution is 0.860. The second-order valence-corrected chi connectivity index (χ2v) is 8.81. The Morgan fingerprint density at radius 3 is 2.11 bits per heavy atom. The highest BCUT2D eigenvalue weighted by atomic mass is 35.5. The molecule has 1 aromatic carbocycles. The molecule has 0 saturated heterocycles. The lowest BCUT2D eigenvalue weighted by atomic mass is 9.94. The molecule has 5 rings (SSSR count). The third-order valence-corrected chi connectivity index (χ3v) is 6.20. The van der Waals surface area contributed by atoms with Crippen molar-refractivity contribution >= 4 is 23.3 Å². The summed E-state index contributed by atoms with van der Waals surface area (Å²) < 4.78 is 3.06. The molecular weight excluding hydrogens is 474 g/mol. The molecule has 0 aliphatic carbocycles. The number of halogens is 1. The summed E-state index contributed by atoms with van der Waals surface area (Å²) in [5.74, 6) is 0. The molecule has 0 radical (unpaired) electrons. The molecule has 36 heavy (non-hydrogen) atoms. The van der Waals surface area contributed by atoms with Crippen molar-refractivity contribution in [2.75, 3.05) is 0 Å². The fourth-order valence-corrected chi connectivity index (χ4v) is 4.50. The Labute approximate surface area is 213 Å². The summed E-state index contributed by atoms with van der Waals surface area (Å²) in [6.45, 7) is 3.88. The SMILES string of the molecule is Cc1cc(-c2cc3c(-c4cc(=O)n(C)cc4-c4ccc(C#N)cc4)cn(C)c(=O)c3[nH]2)cc(C)n1.Cl. The van der Waals surface area contributed by atoms with E-state index in [1.54, 1.807) is 44.7 Å². The van der Waals surface area contributed by atoms with Gasteiger partial charge in [0.2, 0.25) is 0 Å². The molecule has 0 unspecified atom stereocenters. The van der Waals surface area contributed by atoms with E-state index in [0.717, 1.165) is 44.7 Å². The topological polar surface area (TPSA) is 96.5 Å². The molecule has 0 spiro atoms. The van der Waals surface area contributed by atoms with Crippen LogP contribution in [0.1, 0.15) is 17.0 Å². The minimum absolute atomic E-state index is 0. The number of benzene rings is 1. The number of H-pyrrole nitrogens is 1. The van der Waals surface area contributed by atoms with Crippen molar-refractivity contribution in [2.45, 2.75) is 13.8 Å². The minimum Gasteiger partial charge on any atom is -0.350 e. The predicted molar refractivity (Wildman–Crippen MR) is 144 cm³/mol. The van der Waals surface area contributed by atoms with E-state index in [0.29, 0.717) is 16.6 Å².